The topological polar surface area (TPSA) is 153 Å². The quantitative estimate of drug-likeness (QED) is 0.265. The van der Waals surface area contributed by atoms with E-state index in [0.717, 1.165) is 10.6 Å². The van der Waals surface area contributed by atoms with Crippen molar-refractivity contribution in [1.82, 2.24) is 24.3 Å². The van der Waals surface area contributed by atoms with Crippen LogP contribution in [0.3, 0.4) is 0 Å². The molecule has 0 unspecified atom stereocenters. The van der Waals surface area contributed by atoms with Crippen molar-refractivity contribution in [3.8, 4) is 22.8 Å². The normalized spacial score (nSPS) is 13.1. The third-order valence-corrected chi connectivity index (χ3v) is 6.50. The Kier molecular flexibility index (Phi) is 6.46. The first-order valence-corrected chi connectivity index (χ1v) is 12.5. The van der Waals surface area contributed by atoms with Crippen molar-refractivity contribution >= 4 is 23.0 Å². The van der Waals surface area contributed by atoms with Crippen molar-refractivity contribution in [1.29, 1.82) is 5.41 Å². The monoisotopic (exact) mass is 556 g/mol. The summed E-state index contributed by atoms with van der Waals surface area (Å²) in [7, 11) is 0. The van der Waals surface area contributed by atoms with Gasteiger partial charge in [0.15, 0.2) is 5.75 Å². The van der Waals surface area contributed by atoms with Gasteiger partial charge in [-0.3, -0.25) is 14.6 Å². The number of rotatable bonds is 6. The number of hydrogen-bond donors (Lipinski definition) is 3. The maximum Gasteiger partial charge on any atom is 0.266 e. The Hall–Kier alpha value is -5.46. The number of fused-ring (bicyclic) bond motifs is 2. The van der Waals surface area contributed by atoms with E-state index in [1.165, 1.54) is 42.9 Å². The highest BCUT2D eigenvalue weighted by molar-refractivity contribution is 6.16. The fourth-order valence-corrected chi connectivity index (χ4v) is 4.60. The van der Waals surface area contributed by atoms with E-state index in [2.05, 4.69) is 25.3 Å². The van der Waals surface area contributed by atoms with Gasteiger partial charge in [-0.25, -0.2) is 28.7 Å². The predicted octanol–water partition coefficient (Wildman–Crippen LogP) is 3.77. The Bertz CT molecular complexity index is 1900. The fourth-order valence-electron chi connectivity index (χ4n) is 4.60. The Morgan fingerprint density at radius 2 is 1.93 bits per heavy atom. The number of anilines is 2. The predicted molar refractivity (Wildman–Crippen MR) is 146 cm³/mol. The third kappa shape index (κ3) is 4.77. The van der Waals surface area contributed by atoms with E-state index in [1.54, 1.807) is 19.1 Å². The highest BCUT2D eigenvalue weighted by Gasteiger charge is 2.24. The van der Waals surface area contributed by atoms with E-state index in [-0.39, 0.29) is 45.4 Å². The number of aromatic nitrogens is 5. The van der Waals surface area contributed by atoms with Gasteiger partial charge in [0.2, 0.25) is 0 Å². The van der Waals surface area contributed by atoms with Crippen molar-refractivity contribution < 1.29 is 18.3 Å². The van der Waals surface area contributed by atoms with Gasteiger partial charge in [-0.15, -0.1) is 0 Å². The Balaban J connectivity index is 1.44. The van der Waals surface area contributed by atoms with Gasteiger partial charge in [-0.05, 0) is 42.8 Å². The lowest BCUT2D eigenvalue weighted by Gasteiger charge is -2.21. The molecule has 1 aliphatic rings. The van der Waals surface area contributed by atoms with E-state index in [0.29, 0.717) is 30.4 Å². The van der Waals surface area contributed by atoms with Crippen LogP contribution in [0.5, 0.6) is 11.6 Å². The van der Waals surface area contributed by atoms with E-state index < -0.39 is 23.2 Å². The molecule has 0 bridgehead atoms. The van der Waals surface area contributed by atoms with Crippen molar-refractivity contribution in [3.05, 3.63) is 100.0 Å². The number of benzene rings is 1. The first kappa shape index (κ1) is 25.8. The second-order valence-electron chi connectivity index (χ2n) is 9.21. The van der Waals surface area contributed by atoms with Gasteiger partial charge in [-0.2, -0.15) is 0 Å². The SMILES string of the molecule is C[C@H](Nc1ncnc(N)c1C(=N)c1cnc2c(c1)OCCO2)c1nc2ccc(F)cn2c(=O)c1-c1cccc(F)c1. The molecule has 0 aliphatic carbocycles. The summed E-state index contributed by atoms with van der Waals surface area (Å²) in [6.07, 6.45) is 3.73. The number of nitrogen functional groups attached to an aromatic ring is 1. The maximum atomic E-state index is 14.2. The van der Waals surface area contributed by atoms with Gasteiger partial charge in [0.05, 0.1) is 28.6 Å². The van der Waals surface area contributed by atoms with Crippen LogP contribution in [0, 0.1) is 17.0 Å². The lowest BCUT2D eigenvalue weighted by atomic mass is 10.0. The molecule has 1 aromatic carbocycles. The Morgan fingerprint density at radius 1 is 1.10 bits per heavy atom. The average Bonchev–Trinajstić information content (AvgIpc) is 2.97. The van der Waals surface area contributed by atoms with Crippen LogP contribution in [-0.2, 0) is 0 Å². The molecule has 0 fully saturated rings. The number of pyridine rings is 2. The molecule has 6 rings (SSSR count). The molecule has 4 aromatic heterocycles. The molecular formula is C28H22F2N8O3. The first-order valence-electron chi connectivity index (χ1n) is 12.5. The van der Waals surface area contributed by atoms with Crippen LogP contribution in [0.2, 0.25) is 0 Å². The highest BCUT2D eigenvalue weighted by Crippen LogP contribution is 2.32. The molecule has 0 spiro atoms. The zero-order chi connectivity index (χ0) is 28.7. The van der Waals surface area contributed by atoms with E-state index >= 15 is 0 Å². The molecule has 0 radical (unpaired) electrons. The largest absolute Gasteiger partial charge is 0.484 e. The number of nitrogens with two attached hydrogens (primary N) is 1. The van der Waals surface area contributed by atoms with Gasteiger partial charge in [0.25, 0.3) is 11.4 Å². The summed E-state index contributed by atoms with van der Waals surface area (Å²) in [6.45, 7) is 2.45. The maximum absolute atomic E-state index is 14.2. The summed E-state index contributed by atoms with van der Waals surface area (Å²) in [5.74, 6) is -0.230. The first-order chi connectivity index (χ1) is 19.8. The highest BCUT2D eigenvalue weighted by atomic mass is 19.1. The number of halogens is 2. The molecule has 13 heteroatoms. The van der Waals surface area contributed by atoms with Crippen molar-refractivity contribution in [3.63, 3.8) is 0 Å². The Labute approximate surface area is 231 Å². The zero-order valence-electron chi connectivity index (χ0n) is 21.6. The molecule has 0 amide bonds. The minimum Gasteiger partial charge on any atom is -0.484 e. The van der Waals surface area contributed by atoms with Crippen LogP contribution < -0.4 is 26.1 Å². The number of nitrogens with one attached hydrogen (secondary N) is 2. The molecule has 5 heterocycles. The van der Waals surface area contributed by atoms with Gasteiger partial charge in [-0.1, -0.05) is 12.1 Å². The molecule has 0 saturated heterocycles. The second-order valence-corrected chi connectivity index (χ2v) is 9.21. The van der Waals surface area contributed by atoms with Crippen LogP contribution in [0.4, 0.5) is 20.4 Å². The molecule has 41 heavy (non-hydrogen) atoms. The van der Waals surface area contributed by atoms with Crippen molar-refractivity contribution in [2.24, 2.45) is 0 Å². The van der Waals surface area contributed by atoms with E-state index in [4.69, 9.17) is 20.6 Å². The summed E-state index contributed by atoms with van der Waals surface area (Å²) in [6, 6.07) is 8.98. The van der Waals surface area contributed by atoms with Gasteiger partial charge in [0.1, 0.15) is 48.5 Å². The number of nitrogens with zero attached hydrogens (tertiary/aromatic N) is 5. The van der Waals surface area contributed by atoms with Gasteiger partial charge in [0, 0.05) is 18.0 Å². The summed E-state index contributed by atoms with van der Waals surface area (Å²) < 4.78 is 40.4. The molecule has 0 saturated carbocycles. The molecule has 4 N–H and O–H groups in total. The molecule has 1 aliphatic heterocycles. The summed E-state index contributed by atoms with van der Waals surface area (Å²) in [5, 5.41) is 12.1. The summed E-state index contributed by atoms with van der Waals surface area (Å²) in [4.78, 5) is 30.8. The van der Waals surface area contributed by atoms with Crippen LogP contribution in [-0.4, -0.2) is 43.3 Å². The molecule has 1 atom stereocenters. The zero-order valence-corrected chi connectivity index (χ0v) is 21.6. The van der Waals surface area contributed by atoms with Crippen LogP contribution in [0.1, 0.15) is 29.8 Å². The fraction of sp³-hybridized carbons (Fsp3) is 0.143. The molecule has 206 valence electrons. The van der Waals surface area contributed by atoms with Crippen LogP contribution in [0.15, 0.2) is 66.0 Å². The lowest BCUT2D eigenvalue weighted by Crippen LogP contribution is -2.24. The summed E-state index contributed by atoms with van der Waals surface area (Å²) >= 11 is 0. The van der Waals surface area contributed by atoms with Crippen LogP contribution in [0.25, 0.3) is 16.8 Å². The lowest BCUT2D eigenvalue weighted by molar-refractivity contribution is 0.164. The molecular weight excluding hydrogens is 534 g/mol. The number of ether oxygens (including phenoxy) is 2. The summed E-state index contributed by atoms with van der Waals surface area (Å²) in [5.41, 5.74) is 6.95. The van der Waals surface area contributed by atoms with Gasteiger partial charge >= 0.3 is 0 Å². The second kappa shape index (κ2) is 10.3. The smallest absolute Gasteiger partial charge is 0.266 e. The van der Waals surface area contributed by atoms with Crippen molar-refractivity contribution in [2.45, 2.75) is 13.0 Å². The van der Waals surface area contributed by atoms with Gasteiger partial charge < -0.3 is 20.5 Å². The Morgan fingerprint density at radius 3 is 2.76 bits per heavy atom. The third-order valence-electron chi connectivity index (χ3n) is 6.50. The molecule has 11 nitrogen and oxygen atoms in total. The van der Waals surface area contributed by atoms with E-state index in [9.17, 15) is 13.6 Å². The van der Waals surface area contributed by atoms with E-state index in [1.807, 2.05) is 0 Å². The minimum atomic E-state index is -0.713. The van der Waals surface area contributed by atoms with Crippen LogP contribution >= 0.6 is 0 Å². The standard InChI is InChI=1S/C28H22F2N8O3/c1-14(24-21(15-3-2-4-17(29)9-15)28(39)38-12-18(30)5-6-20(38)37-24)36-26-22(25(32)34-13-35-26)23(31)16-10-19-27(33-11-16)41-8-7-40-19/h2-6,9-14,31H,7-8H2,1H3,(H3,32,34,35,36)/t14-/m0/s1. The molecule has 5 aromatic rings. The number of hydrogen-bond acceptors (Lipinski definition) is 10. The average molecular weight is 557 g/mol. The minimum absolute atomic E-state index is 0.0296. The van der Waals surface area contributed by atoms with Crippen molar-refractivity contribution in [2.75, 3.05) is 24.3 Å².